The lowest BCUT2D eigenvalue weighted by atomic mass is 10.3. The second kappa shape index (κ2) is 8.33. The number of para-hydroxylation sites is 2. The zero-order valence-corrected chi connectivity index (χ0v) is 14.0. The number of ether oxygens (including phenoxy) is 1. The Bertz CT molecular complexity index is 654. The molecule has 1 heterocycles. The summed E-state index contributed by atoms with van der Waals surface area (Å²) in [6.45, 7) is 3.77. The lowest BCUT2D eigenvalue weighted by molar-refractivity contribution is -0.123. The molecule has 0 aliphatic heterocycles. The highest BCUT2D eigenvalue weighted by Gasteiger charge is 2.10. The zero-order chi connectivity index (χ0) is 16.7. The largest absolute Gasteiger partial charge is 0.489 e. The van der Waals surface area contributed by atoms with Gasteiger partial charge in [0.1, 0.15) is 5.75 Å². The number of carbonyl (C=O) groups is 2. The van der Waals surface area contributed by atoms with Crippen LogP contribution in [0.25, 0.3) is 0 Å². The van der Waals surface area contributed by atoms with Gasteiger partial charge in [0.15, 0.2) is 0 Å². The normalized spacial score (nSPS) is 10.4. The van der Waals surface area contributed by atoms with Gasteiger partial charge in [-0.15, -0.1) is 11.3 Å². The highest BCUT2D eigenvalue weighted by Crippen LogP contribution is 2.24. The Hall–Kier alpha value is -2.34. The van der Waals surface area contributed by atoms with Gasteiger partial charge in [-0.1, -0.05) is 18.2 Å². The van der Waals surface area contributed by atoms with Crippen LogP contribution in [0.15, 0.2) is 41.8 Å². The SMILES string of the molecule is CC(C)Oc1ccccc1NC(=O)CNC(=O)Cc1cccs1. The maximum absolute atomic E-state index is 12.0. The smallest absolute Gasteiger partial charge is 0.243 e. The van der Waals surface area contributed by atoms with E-state index in [1.807, 2.05) is 43.5 Å². The minimum atomic E-state index is -0.288. The summed E-state index contributed by atoms with van der Waals surface area (Å²) in [5.41, 5.74) is 0.596. The molecule has 0 atom stereocenters. The number of amides is 2. The molecule has 2 aromatic rings. The highest BCUT2D eigenvalue weighted by atomic mass is 32.1. The number of benzene rings is 1. The fraction of sp³-hybridized carbons (Fsp3) is 0.294. The second-order valence-corrected chi connectivity index (χ2v) is 6.28. The van der Waals surface area contributed by atoms with Crippen molar-refractivity contribution >= 4 is 28.8 Å². The van der Waals surface area contributed by atoms with Gasteiger partial charge >= 0.3 is 0 Å². The Labute approximate surface area is 139 Å². The topological polar surface area (TPSA) is 67.4 Å². The Morgan fingerprint density at radius 3 is 2.61 bits per heavy atom. The third-order valence-electron chi connectivity index (χ3n) is 2.88. The molecule has 122 valence electrons. The number of hydrogen-bond acceptors (Lipinski definition) is 4. The van der Waals surface area contributed by atoms with Crippen LogP contribution < -0.4 is 15.4 Å². The van der Waals surface area contributed by atoms with Crippen LogP contribution in [0.5, 0.6) is 5.75 Å². The zero-order valence-electron chi connectivity index (χ0n) is 13.2. The molecule has 0 bridgehead atoms. The molecule has 1 aromatic carbocycles. The van der Waals surface area contributed by atoms with Gasteiger partial charge in [0.25, 0.3) is 0 Å². The van der Waals surface area contributed by atoms with Crippen LogP contribution in [0.2, 0.25) is 0 Å². The van der Waals surface area contributed by atoms with Gasteiger partial charge < -0.3 is 15.4 Å². The summed E-state index contributed by atoms with van der Waals surface area (Å²) in [5, 5.41) is 7.29. The first-order chi connectivity index (χ1) is 11.0. The number of nitrogens with one attached hydrogen (secondary N) is 2. The number of carbonyl (C=O) groups excluding carboxylic acids is 2. The fourth-order valence-corrected chi connectivity index (χ4v) is 2.64. The predicted octanol–water partition coefficient (Wildman–Crippen LogP) is 2.83. The molecule has 0 saturated heterocycles. The summed E-state index contributed by atoms with van der Waals surface area (Å²) < 4.78 is 5.64. The molecule has 2 rings (SSSR count). The molecular weight excluding hydrogens is 312 g/mol. The Morgan fingerprint density at radius 1 is 1.13 bits per heavy atom. The van der Waals surface area contributed by atoms with Gasteiger partial charge in [-0.3, -0.25) is 9.59 Å². The van der Waals surface area contributed by atoms with Crippen molar-refractivity contribution in [1.29, 1.82) is 0 Å². The molecule has 0 spiro atoms. The molecule has 5 nitrogen and oxygen atoms in total. The monoisotopic (exact) mass is 332 g/mol. The summed E-state index contributed by atoms with van der Waals surface area (Å²) in [7, 11) is 0. The van der Waals surface area contributed by atoms with Gasteiger partial charge in [0.2, 0.25) is 11.8 Å². The molecular formula is C17H20N2O3S. The van der Waals surface area contributed by atoms with Crippen molar-refractivity contribution in [2.45, 2.75) is 26.4 Å². The van der Waals surface area contributed by atoms with Crippen LogP contribution in [-0.4, -0.2) is 24.5 Å². The van der Waals surface area contributed by atoms with Gasteiger partial charge in [0.05, 0.1) is 24.8 Å². The van der Waals surface area contributed by atoms with Crippen molar-refractivity contribution in [1.82, 2.24) is 5.32 Å². The molecule has 1 aromatic heterocycles. The van der Waals surface area contributed by atoms with E-state index in [2.05, 4.69) is 10.6 Å². The van der Waals surface area contributed by atoms with Crippen LogP contribution in [0.3, 0.4) is 0 Å². The van der Waals surface area contributed by atoms with Gasteiger partial charge in [-0.2, -0.15) is 0 Å². The summed E-state index contributed by atoms with van der Waals surface area (Å²) in [6.07, 6.45) is 0.302. The maximum atomic E-state index is 12.0. The van der Waals surface area contributed by atoms with Crippen molar-refractivity contribution in [2.24, 2.45) is 0 Å². The highest BCUT2D eigenvalue weighted by molar-refractivity contribution is 7.10. The van der Waals surface area contributed by atoms with Gasteiger partial charge in [-0.25, -0.2) is 0 Å². The van der Waals surface area contributed by atoms with Crippen molar-refractivity contribution in [3.8, 4) is 5.75 Å². The summed E-state index contributed by atoms with van der Waals surface area (Å²) in [5.74, 6) is 0.152. The molecule has 2 N–H and O–H groups in total. The lowest BCUT2D eigenvalue weighted by Gasteiger charge is -2.14. The molecule has 0 saturated carbocycles. The Balaban J connectivity index is 1.84. The Kier molecular flexibility index (Phi) is 6.17. The second-order valence-electron chi connectivity index (χ2n) is 5.24. The van der Waals surface area contributed by atoms with Gasteiger partial charge in [0, 0.05) is 4.88 Å². The average molecular weight is 332 g/mol. The quantitative estimate of drug-likeness (QED) is 0.819. The average Bonchev–Trinajstić information content (AvgIpc) is 2.99. The first kappa shape index (κ1) is 17.0. The first-order valence-corrected chi connectivity index (χ1v) is 8.27. The van der Waals surface area contributed by atoms with Crippen LogP contribution in [0.1, 0.15) is 18.7 Å². The van der Waals surface area contributed by atoms with Gasteiger partial charge in [-0.05, 0) is 37.4 Å². The minimum absolute atomic E-state index is 0.0125. The summed E-state index contributed by atoms with van der Waals surface area (Å²) in [4.78, 5) is 24.7. The number of hydrogen-bond donors (Lipinski definition) is 2. The van der Waals surface area contributed by atoms with E-state index in [1.54, 1.807) is 12.1 Å². The van der Waals surface area contributed by atoms with Crippen molar-refractivity contribution in [3.63, 3.8) is 0 Å². The first-order valence-electron chi connectivity index (χ1n) is 7.39. The lowest BCUT2D eigenvalue weighted by Crippen LogP contribution is -2.33. The number of anilines is 1. The van der Waals surface area contributed by atoms with E-state index in [0.717, 1.165) is 4.88 Å². The van der Waals surface area contributed by atoms with E-state index in [4.69, 9.17) is 4.74 Å². The molecule has 2 amide bonds. The maximum Gasteiger partial charge on any atom is 0.243 e. The van der Waals surface area contributed by atoms with E-state index in [1.165, 1.54) is 11.3 Å². The van der Waals surface area contributed by atoms with E-state index in [9.17, 15) is 9.59 Å². The Morgan fingerprint density at radius 2 is 1.91 bits per heavy atom. The number of thiophene rings is 1. The predicted molar refractivity (Wildman–Crippen MR) is 91.9 cm³/mol. The minimum Gasteiger partial charge on any atom is -0.489 e. The third kappa shape index (κ3) is 5.75. The van der Waals surface area contributed by atoms with E-state index in [-0.39, 0.29) is 30.9 Å². The van der Waals surface area contributed by atoms with E-state index >= 15 is 0 Å². The summed E-state index contributed by atoms with van der Waals surface area (Å²) >= 11 is 1.52. The summed E-state index contributed by atoms with van der Waals surface area (Å²) in [6, 6.07) is 11.0. The van der Waals surface area contributed by atoms with E-state index in [0.29, 0.717) is 11.4 Å². The fourth-order valence-electron chi connectivity index (χ4n) is 1.93. The molecule has 6 heteroatoms. The van der Waals surface area contributed by atoms with Crippen LogP contribution >= 0.6 is 11.3 Å². The standard InChI is InChI=1S/C17H20N2O3S/c1-12(2)22-15-8-4-3-7-14(15)19-17(21)11-18-16(20)10-13-6-5-9-23-13/h3-9,12H,10-11H2,1-2H3,(H,18,20)(H,19,21). The molecule has 0 fully saturated rings. The van der Waals surface area contributed by atoms with Crippen LogP contribution in [0.4, 0.5) is 5.69 Å². The van der Waals surface area contributed by atoms with Crippen molar-refractivity contribution < 1.29 is 14.3 Å². The molecule has 0 aliphatic rings. The molecule has 0 aliphatic carbocycles. The third-order valence-corrected chi connectivity index (χ3v) is 3.76. The van der Waals surface area contributed by atoms with E-state index < -0.39 is 0 Å². The number of rotatable bonds is 7. The van der Waals surface area contributed by atoms with Crippen LogP contribution in [-0.2, 0) is 16.0 Å². The molecule has 0 unspecified atom stereocenters. The van der Waals surface area contributed by atoms with Crippen molar-refractivity contribution in [2.75, 3.05) is 11.9 Å². The van der Waals surface area contributed by atoms with Crippen molar-refractivity contribution in [3.05, 3.63) is 46.7 Å². The van der Waals surface area contributed by atoms with Crippen LogP contribution in [0, 0.1) is 0 Å². The molecule has 0 radical (unpaired) electrons. The molecule has 23 heavy (non-hydrogen) atoms.